The largest absolute Gasteiger partial charge is 0.373 e. The molecule has 0 aromatic rings. The van der Waals surface area contributed by atoms with E-state index in [1.807, 2.05) is 34.6 Å². The van der Waals surface area contributed by atoms with Gasteiger partial charge < -0.3 is 10.1 Å². The normalized spacial score (nSPS) is 15.6. The fourth-order valence-corrected chi connectivity index (χ4v) is 0.970. The maximum atomic E-state index is 13.3. The van der Waals surface area contributed by atoms with E-state index in [9.17, 15) is 9.18 Å². The van der Waals surface area contributed by atoms with Gasteiger partial charge in [0, 0.05) is 5.92 Å². The van der Waals surface area contributed by atoms with Crippen LogP contribution in [0.3, 0.4) is 0 Å². The minimum absolute atomic E-state index is 0.0181. The number of hydrogen-bond acceptors (Lipinski definition) is 2. The lowest BCUT2D eigenvalue weighted by Gasteiger charge is -2.21. The highest BCUT2D eigenvalue weighted by molar-refractivity contribution is 5.78. The molecule has 0 aromatic heterocycles. The summed E-state index contributed by atoms with van der Waals surface area (Å²) >= 11 is 0. The first-order valence-electron chi connectivity index (χ1n) is 5.82. The molecule has 16 heavy (non-hydrogen) atoms. The van der Waals surface area contributed by atoms with Crippen LogP contribution >= 0.6 is 0 Å². The Balaban J connectivity index is 3.73. The monoisotopic (exact) mass is 233 g/mol. The molecule has 0 saturated heterocycles. The summed E-state index contributed by atoms with van der Waals surface area (Å²) in [6.45, 7) is 9.42. The lowest BCUT2D eigenvalue weighted by Crippen LogP contribution is -2.36. The van der Waals surface area contributed by atoms with Gasteiger partial charge in [-0.15, -0.1) is 0 Å². The van der Waals surface area contributed by atoms with Gasteiger partial charge in [-0.25, -0.2) is 4.39 Å². The first-order chi connectivity index (χ1) is 7.26. The second-order valence-electron chi connectivity index (χ2n) is 5.08. The molecule has 0 radical (unpaired) electrons. The van der Waals surface area contributed by atoms with Crippen molar-refractivity contribution in [2.24, 2.45) is 5.92 Å². The molecular weight excluding hydrogens is 209 g/mol. The quantitative estimate of drug-likeness (QED) is 0.764. The van der Waals surface area contributed by atoms with Crippen LogP contribution in [0.4, 0.5) is 4.39 Å². The van der Waals surface area contributed by atoms with Gasteiger partial charge in [-0.3, -0.25) is 4.79 Å². The molecule has 0 saturated carbocycles. The number of halogens is 1. The van der Waals surface area contributed by atoms with Crippen molar-refractivity contribution in [3.8, 4) is 0 Å². The maximum Gasteiger partial charge on any atom is 0.222 e. The third kappa shape index (κ3) is 7.63. The molecule has 0 rings (SSSR count). The highest BCUT2D eigenvalue weighted by atomic mass is 19.1. The van der Waals surface area contributed by atoms with Crippen LogP contribution in [0.15, 0.2) is 0 Å². The number of carbonyl (C=O) groups is 1. The highest BCUT2D eigenvalue weighted by Gasteiger charge is 2.16. The zero-order valence-corrected chi connectivity index (χ0v) is 11.0. The van der Waals surface area contributed by atoms with E-state index >= 15 is 0 Å². The third-order valence-electron chi connectivity index (χ3n) is 2.25. The summed E-state index contributed by atoms with van der Waals surface area (Å²) in [5, 5.41) is 2.58. The highest BCUT2D eigenvalue weighted by Crippen LogP contribution is 2.08. The fourth-order valence-electron chi connectivity index (χ4n) is 0.970. The molecule has 96 valence electrons. The van der Waals surface area contributed by atoms with Crippen molar-refractivity contribution in [2.45, 2.75) is 52.8 Å². The van der Waals surface area contributed by atoms with E-state index in [4.69, 9.17) is 4.74 Å². The summed E-state index contributed by atoms with van der Waals surface area (Å²) in [5.41, 5.74) is -0.342. The van der Waals surface area contributed by atoms with Crippen LogP contribution in [-0.2, 0) is 9.53 Å². The number of alkyl halides is 1. The minimum Gasteiger partial charge on any atom is -0.373 e. The van der Waals surface area contributed by atoms with Crippen molar-refractivity contribution in [2.75, 3.05) is 13.2 Å². The van der Waals surface area contributed by atoms with Crippen LogP contribution in [0.5, 0.6) is 0 Å². The number of nitrogens with one attached hydrogen (secondary N) is 1. The predicted molar refractivity (Wildman–Crippen MR) is 63.1 cm³/mol. The summed E-state index contributed by atoms with van der Waals surface area (Å²) in [7, 11) is 0. The summed E-state index contributed by atoms with van der Waals surface area (Å²) in [4.78, 5) is 11.4. The van der Waals surface area contributed by atoms with Crippen molar-refractivity contribution in [1.82, 2.24) is 5.32 Å². The molecule has 0 heterocycles. The Labute approximate surface area is 97.7 Å². The maximum absolute atomic E-state index is 13.3. The Morgan fingerprint density at radius 1 is 1.44 bits per heavy atom. The van der Waals surface area contributed by atoms with Gasteiger partial charge in [-0.1, -0.05) is 13.8 Å². The van der Waals surface area contributed by atoms with Crippen molar-refractivity contribution < 1.29 is 13.9 Å². The molecule has 0 aromatic carbocycles. The van der Waals surface area contributed by atoms with Crippen molar-refractivity contribution in [1.29, 1.82) is 0 Å². The van der Waals surface area contributed by atoms with Crippen LogP contribution in [0.25, 0.3) is 0 Å². The smallest absolute Gasteiger partial charge is 0.222 e. The molecule has 1 amide bonds. The number of hydrogen-bond donors (Lipinski definition) is 1. The molecular formula is C12H24FNO2. The molecule has 0 spiro atoms. The van der Waals surface area contributed by atoms with Crippen molar-refractivity contribution in [3.05, 3.63) is 0 Å². The Bertz CT molecular complexity index is 214. The number of ether oxygens (including phenoxy) is 1. The molecule has 0 fully saturated rings. The zero-order chi connectivity index (χ0) is 12.8. The first-order valence-corrected chi connectivity index (χ1v) is 5.82. The Hall–Kier alpha value is -0.640. The topological polar surface area (TPSA) is 38.3 Å². The Morgan fingerprint density at radius 2 is 2.00 bits per heavy atom. The summed E-state index contributed by atoms with van der Waals surface area (Å²) in [6, 6.07) is 0. The van der Waals surface area contributed by atoms with E-state index in [0.717, 1.165) is 6.42 Å². The number of rotatable bonds is 6. The number of carbonyl (C=O) groups excluding carboxylic acids is 1. The summed E-state index contributed by atoms with van der Waals surface area (Å²) < 4.78 is 18.6. The molecule has 4 heteroatoms. The van der Waals surface area contributed by atoms with Crippen LogP contribution in [0, 0.1) is 5.92 Å². The lowest BCUT2D eigenvalue weighted by atomic mass is 10.1. The molecule has 0 bridgehead atoms. The van der Waals surface area contributed by atoms with Gasteiger partial charge in [-0.2, -0.15) is 0 Å². The Morgan fingerprint density at radius 3 is 2.44 bits per heavy atom. The van der Waals surface area contributed by atoms with Crippen LogP contribution in [-0.4, -0.2) is 30.8 Å². The molecule has 3 nitrogen and oxygen atoms in total. The average Bonchev–Trinajstić information content (AvgIpc) is 2.20. The predicted octanol–water partition coefficient (Wildman–Crippen LogP) is 2.30. The molecule has 0 aliphatic heterocycles. The molecule has 1 N–H and O–H groups in total. The summed E-state index contributed by atoms with van der Waals surface area (Å²) in [6.07, 6.45) is -0.381. The van der Waals surface area contributed by atoms with E-state index in [2.05, 4.69) is 5.32 Å². The van der Waals surface area contributed by atoms with Crippen molar-refractivity contribution in [3.63, 3.8) is 0 Å². The summed E-state index contributed by atoms with van der Waals surface area (Å²) in [5.74, 6) is -0.156. The second kappa shape index (κ2) is 6.84. The van der Waals surface area contributed by atoms with Gasteiger partial charge in [0.15, 0.2) is 0 Å². The van der Waals surface area contributed by atoms with Crippen molar-refractivity contribution >= 4 is 5.91 Å². The number of amides is 1. The SMILES string of the molecule is CCC(C)C(=O)NCC(F)COC(C)(C)C. The second-order valence-corrected chi connectivity index (χ2v) is 5.08. The van der Waals surface area contributed by atoms with Gasteiger partial charge in [0.2, 0.25) is 5.91 Å². The van der Waals surface area contributed by atoms with Gasteiger partial charge in [0.25, 0.3) is 0 Å². The molecule has 0 aliphatic carbocycles. The molecule has 2 unspecified atom stereocenters. The van der Waals surface area contributed by atoms with E-state index in [1.54, 1.807) is 0 Å². The minimum atomic E-state index is -1.15. The van der Waals surface area contributed by atoms with Gasteiger partial charge >= 0.3 is 0 Å². The van der Waals surface area contributed by atoms with E-state index < -0.39 is 6.17 Å². The average molecular weight is 233 g/mol. The third-order valence-corrected chi connectivity index (χ3v) is 2.25. The van der Waals surface area contributed by atoms with E-state index in [0.29, 0.717) is 0 Å². The molecule has 2 atom stereocenters. The van der Waals surface area contributed by atoms with E-state index in [-0.39, 0.29) is 30.6 Å². The Kier molecular flexibility index (Phi) is 6.56. The first kappa shape index (κ1) is 15.4. The van der Waals surface area contributed by atoms with Crippen LogP contribution < -0.4 is 5.32 Å². The van der Waals surface area contributed by atoms with Gasteiger partial charge in [0.05, 0.1) is 18.8 Å². The standard InChI is InChI=1S/C12H24FNO2/c1-6-9(2)11(15)14-7-10(13)8-16-12(3,4)5/h9-10H,6-8H2,1-5H3,(H,14,15). The zero-order valence-electron chi connectivity index (χ0n) is 11.0. The van der Waals surface area contributed by atoms with Gasteiger partial charge in [0.1, 0.15) is 6.17 Å². The van der Waals surface area contributed by atoms with Gasteiger partial charge in [-0.05, 0) is 27.2 Å². The van der Waals surface area contributed by atoms with Crippen LogP contribution in [0.2, 0.25) is 0 Å². The van der Waals surface area contributed by atoms with E-state index in [1.165, 1.54) is 0 Å². The fraction of sp³-hybridized carbons (Fsp3) is 0.917. The lowest BCUT2D eigenvalue weighted by molar-refractivity contribution is -0.125. The molecule has 0 aliphatic rings. The van der Waals surface area contributed by atoms with Crippen LogP contribution in [0.1, 0.15) is 41.0 Å².